The van der Waals surface area contributed by atoms with E-state index in [0.29, 0.717) is 0 Å². The molecule has 1 radical (unpaired) electrons. The average molecular weight is 504 g/mol. The van der Waals surface area contributed by atoms with Crippen molar-refractivity contribution >= 4 is 5.76 Å². The molecule has 3 aromatic rings. The van der Waals surface area contributed by atoms with Crippen LogP contribution in [-0.4, -0.2) is 0 Å². The molecule has 1 aliphatic heterocycles. The van der Waals surface area contributed by atoms with Gasteiger partial charge < -0.3 is 10.1 Å². The smallest absolute Gasteiger partial charge is 0.106 e. The number of ether oxygens (including phenoxy) is 1. The molecule has 0 spiro atoms. The quantitative estimate of drug-likeness (QED) is 0.406. The van der Waals surface area contributed by atoms with Gasteiger partial charge in [0, 0.05) is 31.9 Å². The number of rotatable bonds is 3. The van der Waals surface area contributed by atoms with Crippen LogP contribution in [0.15, 0.2) is 84.6 Å². The monoisotopic (exact) mass is 504 g/mol. The van der Waals surface area contributed by atoms with Crippen molar-refractivity contribution in [2.24, 2.45) is 0 Å². The Hall–Kier alpha value is -2.35. The Bertz CT molecular complexity index is 858. The summed E-state index contributed by atoms with van der Waals surface area (Å²) in [5.41, 5.74) is 5.33. The molecule has 0 N–H and O–H groups in total. The molecule has 0 amide bonds. The fourth-order valence-corrected chi connectivity index (χ4v) is 2.87. The number of hydrogen-bond acceptors (Lipinski definition) is 1. The third-order valence-corrected chi connectivity index (χ3v) is 4.12. The summed E-state index contributed by atoms with van der Waals surface area (Å²) in [5.74, 6) is 0.844. The first-order chi connectivity index (χ1) is 11.8. The summed E-state index contributed by atoms with van der Waals surface area (Å²) >= 11 is 0. The molecule has 0 aromatic heterocycles. The summed E-state index contributed by atoms with van der Waals surface area (Å²) in [6.07, 6.45) is -0.296. The summed E-state index contributed by atoms with van der Waals surface area (Å²) in [6, 6.07) is 29.8. The van der Waals surface area contributed by atoms with Gasteiger partial charge in [-0.3, -0.25) is 0 Å². The predicted molar refractivity (Wildman–Crippen MR) is 96.9 cm³/mol. The van der Waals surface area contributed by atoms with E-state index in [9.17, 15) is 0 Å². The van der Waals surface area contributed by atoms with Gasteiger partial charge in [-0.25, -0.2) is 0 Å². The van der Waals surface area contributed by atoms with Gasteiger partial charge in [0.05, 0.1) is 0 Å². The molecular formula is C22H17IrNO-2. The van der Waals surface area contributed by atoms with E-state index in [4.69, 9.17) is 4.74 Å². The standard InChI is InChI=1S/C22H17NO.Ir/c1-16-21(24-22(23-16)20-10-6-3-7-11-20)19-14-12-18(13-15-19)17-8-4-2-5-9-17;/h2-10,12-15,22H,1H3;/q-2;. The summed E-state index contributed by atoms with van der Waals surface area (Å²) in [7, 11) is 0. The Labute approximate surface area is 161 Å². The van der Waals surface area contributed by atoms with Crippen molar-refractivity contribution < 1.29 is 24.8 Å². The maximum atomic E-state index is 6.07. The third-order valence-electron chi connectivity index (χ3n) is 4.12. The molecule has 1 atom stereocenters. The van der Waals surface area contributed by atoms with Crippen LogP contribution in [0, 0.1) is 6.07 Å². The molecule has 0 aliphatic carbocycles. The van der Waals surface area contributed by atoms with Crippen molar-refractivity contribution in [3.8, 4) is 11.1 Å². The molecule has 0 bridgehead atoms. The number of allylic oxidation sites excluding steroid dienone is 1. The van der Waals surface area contributed by atoms with Crippen molar-refractivity contribution in [2.45, 2.75) is 13.2 Å². The number of benzene rings is 3. The maximum absolute atomic E-state index is 6.07. The van der Waals surface area contributed by atoms with Crippen LogP contribution < -0.4 is 0 Å². The number of nitrogens with zero attached hydrogens (tertiary/aromatic N) is 1. The molecule has 0 saturated heterocycles. The molecule has 0 saturated carbocycles. The first-order valence-corrected chi connectivity index (χ1v) is 8.02. The van der Waals surface area contributed by atoms with Crippen molar-refractivity contribution in [1.82, 2.24) is 0 Å². The van der Waals surface area contributed by atoms with E-state index >= 15 is 0 Å². The molecule has 127 valence electrons. The van der Waals surface area contributed by atoms with Crippen LogP contribution in [0.4, 0.5) is 0 Å². The summed E-state index contributed by atoms with van der Waals surface area (Å²) in [5, 5.41) is 4.62. The van der Waals surface area contributed by atoms with Crippen molar-refractivity contribution in [2.75, 3.05) is 0 Å². The van der Waals surface area contributed by atoms with Crippen LogP contribution in [0.1, 0.15) is 24.3 Å². The largest absolute Gasteiger partial charge is 0.648 e. The SMILES string of the molecule is CC1=C(c2ccc(-c3ccccc3)cc2)OC(c2[c-]cccc2)[N-]1.[Ir]. The predicted octanol–water partition coefficient (Wildman–Crippen LogP) is 5.94. The third kappa shape index (κ3) is 3.68. The van der Waals surface area contributed by atoms with Gasteiger partial charge in [0.15, 0.2) is 0 Å². The van der Waals surface area contributed by atoms with Gasteiger partial charge in [-0.1, -0.05) is 61.5 Å². The fourth-order valence-electron chi connectivity index (χ4n) is 2.87. The molecule has 2 nitrogen and oxygen atoms in total. The van der Waals surface area contributed by atoms with E-state index in [1.54, 1.807) is 0 Å². The second-order valence-electron chi connectivity index (χ2n) is 5.78. The molecule has 3 aromatic carbocycles. The normalized spacial score (nSPS) is 16.0. The summed E-state index contributed by atoms with van der Waals surface area (Å²) in [6.45, 7) is 1.99. The van der Waals surface area contributed by atoms with E-state index in [-0.39, 0.29) is 26.3 Å². The van der Waals surface area contributed by atoms with Crippen molar-refractivity contribution in [3.63, 3.8) is 0 Å². The van der Waals surface area contributed by atoms with Gasteiger partial charge in [0.1, 0.15) is 5.76 Å². The zero-order chi connectivity index (χ0) is 16.4. The first-order valence-electron chi connectivity index (χ1n) is 8.02. The zero-order valence-corrected chi connectivity index (χ0v) is 16.2. The Morgan fingerprint density at radius 3 is 2.12 bits per heavy atom. The Kier molecular flexibility index (Phi) is 5.37. The van der Waals surface area contributed by atoms with E-state index in [0.717, 1.165) is 22.6 Å². The zero-order valence-electron chi connectivity index (χ0n) is 13.8. The average Bonchev–Trinajstić information content (AvgIpc) is 3.05. The Morgan fingerprint density at radius 1 is 0.800 bits per heavy atom. The van der Waals surface area contributed by atoms with Gasteiger partial charge in [0.2, 0.25) is 0 Å². The Morgan fingerprint density at radius 2 is 1.44 bits per heavy atom. The van der Waals surface area contributed by atoms with E-state index in [2.05, 4.69) is 59.9 Å². The van der Waals surface area contributed by atoms with Crippen LogP contribution in [0.5, 0.6) is 0 Å². The van der Waals surface area contributed by atoms with Crippen LogP contribution in [0.3, 0.4) is 0 Å². The second kappa shape index (κ2) is 7.69. The van der Waals surface area contributed by atoms with Gasteiger partial charge in [0.25, 0.3) is 0 Å². The minimum atomic E-state index is -0.296. The maximum Gasteiger partial charge on any atom is 0.106 e. The van der Waals surface area contributed by atoms with Crippen LogP contribution in [0.25, 0.3) is 22.2 Å². The van der Waals surface area contributed by atoms with Crippen LogP contribution in [0.2, 0.25) is 0 Å². The van der Waals surface area contributed by atoms with E-state index in [1.165, 1.54) is 11.1 Å². The fraction of sp³-hybridized carbons (Fsp3) is 0.0909. The van der Waals surface area contributed by atoms with E-state index in [1.807, 2.05) is 37.3 Å². The van der Waals surface area contributed by atoms with Crippen LogP contribution >= 0.6 is 0 Å². The van der Waals surface area contributed by atoms with Crippen molar-refractivity contribution in [3.05, 3.63) is 107 Å². The van der Waals surface area contributed by atoms with Gasteiger partial charge >= 0.3 is 0 Å². The Balaban J connectivity index is 0.00000182. The minimum Gasteiger partial charge on any atom is -0.648 e. The van der Waals surface area contributed by atoms with Gasteiger partial charge in [-0.05, 0) is 11.1 Å². The summed E-state index contributed by atoms with van der Waals surface area (Å²) < 4.78 is 6.07. The molecule has 0 fully saturated rings. The minimum absolute atomic E-state index is 0. The second-order valence-corrected chi connectivity index (χ2v) is 5.78. The summed E-state index contributed by atoms with van der Waals surface area (Å²) in [4.78, 5) is 0. The van der Waals surface area contributed by atoms with Crippen molar-refractivity contribution in [1.29, 1.82) is 0 Å². The molecule has 1 unspecified atom stereocenters. The first kappa shape index (κ1) is 17.5. The molecule has 3 heteroatoms. The number of hydrogen-bond donors (Lipinski definition) is 0. The van der Waals surface area contributed by atoms with Crippen LogP contribution in [-0.2, 0) is 24.8 Å². The van der Waals surface area contributed by atoms with E-state index < -0.39 is 0 Å². The molecule has 1 heterocycles. The molecular weight excluding hydrogens is 486 g/mol. The topological polar surface area (TPSA) is 23.3 Å². The molecule has 4 rings (SSSR count). The molecule has 1 aliphatic rings. The van der Waals surface area contributed by atoms with Gasteiger partial charge in [-0.15, -0.1) is 11.3 Å². The molecule has 25 heavy (non-hydrogen) atoms. The van der Waals surface area contributed by atoms with Gasteiger partial charge in [-0.2, -0.15) is 30.3 Å².